The minimum absolute atomic E-state index is 0.132. The molecule has 1 aliphatic heterocycles. The fraction of sp³-hybridized carbons (Fsp3) is 0.412. The third-order valence-electron chi connectivity index (χ3n) is 4.03. The van der Waals surface area contributed by atoms with Crippen LogP contribution in [-0.4, -0.2) is 64.6 Å². The van der Waals surface area contributed by atoms with Crippen molar-refractivity contribution in [3.8, 4) is 0 Å². The van der Waals surface area contributed by atoms with E-state index in [1.54, 1.807) is 12.1 Å². The van der Waals surface area contributed by atoms with Crippen molar-refractivity contribution in [3.05, 3.63) is 35.4 Å². The molecule has 1 saturated heterocycles. The van der Waals surface area contributed by atoms with Gasteiger partial charge in [0.1, 0.15) is 12.1 Å². The Hall–Kier alpha value is -2.55. The van der Waals surface area contributed by atoms with Crippen LogP contribution in [0, 0.1) is 0 Å². The topological polar surface area (TPSA) is 113 Å². The van der Waals surface area contributed by atoms with E-state index in [1.807, 2.05) is 0 Å². The van der Waals surface area contributed by atoms with Gasteiger partial charge < -0.3 is 20.1 Å². The minimum Gasteiger partial charge on any atom is -0.478 e. The number of benzene rings is 1. The molecule has 140 valence electrons. The van der Waals surface area contributed by atoms with Crippen LogP contribution in [0.1, 0.15) is 22.8 Å². The highest BCUT2D eigenvalue weighted by Gasteiger charge is 2.35. The number of thioether (sulfide) groups is 1. The summed E-state index contributed by atoms with van der Waals surface area (Å²) in [4.78, 5) is 48.5. The summed E-state index contributed by atoms with van der Waals surface area (Å²) in [6.45, 7) is 1.40. The first-order valence-electron chi connectivity index (χ1n) is 7.89. The van der Waals surface area contributed by atoms with E-state index in [9.17, 15) is 19.2 Å². The van der Waals surface area contributed by atoms with Gasteiger partial charge in [-0.2, -0.15) is 0 Å². The van der Waals surface area contributed by atoms with Crippen LogP contribution < -0.4 is 5.32 Å². The molecule has 0 bridgehead atoms. The molecule has 0 spiro atoms. The number of amides is 2. The Morgan fingerprint density at radius 1 is 1.31 bits per heavy atom. The van der Waals surface area contributed by atoms with E-state index in [4.69, 9.17) is 9.84 Å². The summed E-state index contributed by atoms with van der Waals surface area (Å²) in [6.07, 6.45) is 0.151. The average molecular weight is 380 g/mol. The summed E-state index contributed by atoms with van der Waals surface area (Å²) < 4.78 is 4.75. The van der Waals surface area contributed by atoms with Gasteiger partial charge in [0.15, 0.2) is 0 Å². The van der Waals surface area contributed by atoms with Crippen molar-refractivity contribution in [2.24, 2.45) is 0 Å². The molecule has 2 amide bonds. The van der Waals surface area contributed by atoms with Crippen LogP contribution in [0.15, 0.2) is 24.3 Å². The van der Waals surface area contributed by atoms with Crippen LogP contribution in [0.25, 0.3) is 0 Å². The number of hydrogen-bond acceptors (Lipinski definition) is 6. The summed E-state index contributed by atoms with van der Waals surface area (Å²) in [5.74, 6) is -1.37. The zero-order valence-electron chi connectivity index (χ0n) is 14.4. The van der Waals surface area contributed by atoms with Gasteiger partial charge in [0.2, 0.25) is 11.8 Å². The van der Waals surface area contributed by atoms with Crippen LogP contribution in [0.5, 0.6) is 0 Å². The van der Waals surface area contributed by atoms with E-state index in [2.05, 4.69) is 5.32 Å². The summed E-state index contributed by atoms with van der Waals surface area (Å²) in [5, 5.41) is 11.6. The third-order valence-corrected chi connectivity index (χ3v) is 5.04. The fourth-order valence-corrected chi connectivity index (χ4v) is 3.81. The lowest BCUT2D eigenvalue weighted by Gasteiger charge is -2.24. The second-order valence-electron chi connectivity index (χ2n) is 5.80. The Morgan fingerprint density at radius 2 is 1.96 bits per heavy atom. The first-order chi connectivity index (χ1) is 12.3. The van der Waals surface area contributed by atoms with Gasteiger partial charge >= 0.3 is 11.9 Å². The lowest BCUT2D eigenvalue weighted by atomic mass is 10.0. The second kappa shape index (κ2) is 8.70. The average Bonchev–Trinajstić information content (AvgIpc) is 3.11. The van der Waals surface area contributed by atoms with Crippen molar-refractivity contribution in [1.29, 1.82) is 0 Å². The molecule has 2 atom stereocenters. The third kappa shape index (κ3) is 4.75. The number of rotatable bonds is 6. The summed E-state index contributed by atoms with van der Waals surface area (Å²) >= 11 is 1.47. The van der Waals surface area contributed by atoms with Crippen molar-refractivity contribution in [2.45, 2.75) is 25.4 Å². The number of hydrogen-bond donors (Lipinski definition) is 2. The summed E-state index contributed by atoms with van der Waals surface area (Å²) in [5.41, 5.74) is 0.808. The zero-order valence-corrected chi connectivity index (χ0v) is 15.2. The lowest BCUT2D eigenvalue weighted by Crippen LogP contribution is -2.52. The van der Waals surface area contributed by atoms with Gasteiger partial charge in [-0.15, -0.1) is 11.8 Å². The number of methoxy groups -OCH3 is 1. The Labute approximate surface area is 154 Å². The molecule has 9 heteroatoms. The van der Waals surface area contributed by atoms with Gasteiger partial charge in [0.25, 0.3) is 0 Å². The van der Waals surface area contributed by atoms with Gasteiger partial charge in [0.05, 0.1) is 18.6 Å². The molecular weight excluding hydrogens is 360 g/mol. The van der Waals surface area contributed by atoms with Crippen molar-refractivity contribution < 1.29 is 29.0 Å². The van der Waals surface area contributed by atoms with Gasteiger partial charge in [-0.1, -0.05) is 12.1 Å². The Morgan fingerprint density at radius 3 is 2.50 bits per heavy atom. The molecular formula is C17H20N2O6S. The monoisotopic (exact) mass is 380 g/mol. The van der Waals surface area contributed by atoms with Gasteiger partial charge in [-0.3, -0.25) is 9.59 Å². The van der Waals surface area contributed by atoms with Gasteiger partial charge in [-0.05, 0) is 17.7 Å². The summed E-state index contributed by atoms with van der Waals surface area (Å²) in [7, 11) is 1.22. The van der Waals surface area contributed by atoms with Crippen molar-refractivity contribution in [3.63, 3.8) is 0 Å². The number of carbonyl (C=O) groups is 4. The number of nitrogens with zero attached hydrogens (tertiary/aromatic N) is 1. The van der Waals surface area contributed by atoms with Crippen LogP contribution in [0.2, 0.25) is 0 Å². The van der Waals surface area contributed by atoms with Crippen molar-refractivity contribution in [1.82, 2.24) is 10.2 Å². The van der Waals surface area contributed by atoms with Crippen LogP contribution >= 0.6 is 11.8 Å². The molecule has 0 saturated carbocycles. The van der Waals surface area contributed by atoms with Crippen molar-refractivity contribution in [2.75, 3.05) is 18.7 Å². The number of nitrogens with one attached hydrogen (secondary N) is 1. The number of carboxylic acid groups (broad SMARTS) is 1. The molecule has 1 fully saturated rings. The predicted molar refractivity (Wildman–Crippen MR) is 94.7 cm³/mol. The molecule has 1 aromatic rings. The molecule has 1 heterocycles. The maximum atomic E-state index is 12.5. The largest absolute Gasteiger partial charge is 0.478 e. The predicted octanol–water partition coefficient (Wildman–Crippen LogP) is 0.506. The molecule has 0 aromatic heterocycles. The molecule has 2 rings (SSSR count). The maximum Gasteiger partial charge on any atom is 0.335 e. The molecule has 8 nitrogen and oxygen atoms in total. The number of carbonyl (C=O) groups excluding carboxylic acids is 3. The van der Waals surface area contributed by atoms with Crippen LogP contribution in [0.4, 0.5) is 0 Å². The number of ether oxygens (including phenoxy) is 1. The smallest absolute Gasteiger partial charge is 0.335 e. The Bertz CT molecular complexity index is 706. The summed E-state index contributed by atoms with van der Waals surface area (Å²) in [6, 6.07) is 4.47. The normalized spacial score (nSPS) is 17.5. The maximum absolute atomic E-state index is 12.5. The van der Waals surface area contributed by atoms with E-state index >= 15 is 0 Å². The molecule has 1 aromatic carbocycles. The molecule has 0 unspecified atom stereocenters. The molecule has 1 aliphatic rings. The lowest BCUT2D eigenvalue weighted by molar-refractivity contribution is -0.146. The zero-order chi connectivity index (χ0) is 19.3. The quantitative estimate of drug-likeness (QED) is 0.691. The van der Waals surface area contributed by atoms with Crippen LogP contribution in [0.3, 0.4) is 0 Å². The minimum atomic E-state index is -1.04. The van der Waals surface area contributed by atoms with E-state index in [0.717, 1.165) is 0 Å². The van der Waals surface area contributed by atoms with Crippen molar-refractivity contribution >= 4 is 35.5 Å². The molecule has 0 radical (unpaired) electrons. The highest BCUT2D eigenvalue weighted by molar-refractivity contribution is 7.99. The molecule has 26 heavy (non-hydrogen) atoms. The van der Waals surface area contributed by atoms with Gasteiger partial charge in [0, 0.05) is 19.1 Å². The van der Waals surface area contributed by atoms with Crippen LogP contribution in [-0.2, 0) is 25.5 Å². The number of aromatic carboxylic acids is 1. The fourth-order valence-electron chi connectivity index (χ4n) is 2.59. The van der Waals surface area contributed by atoms with E-state index in [-0.39, 0.29) is 17.9 Å². The highest BCUT2D eigenvalue weighted by Crippen LogP contribution is 2.21. The second-order valence-corrected chi connectivity index (χ2v) is 6.79. The first-order valence-corrected chi connectivity index (χ1v) is 9.04. The Balaban J connectivity index is 2.09. The van der Waals surface area contributed by atoms with Gasteiger partial charge in [-0.25, -0.2) is 9.59 Å². The first kappa shape index (κ1) is 19.8. The van der Waals surface area contributed by atoms with E-state index < -0.39 is 29.9 Å². The molecule has 0 aliphatic carbocycles. The Kier molecular flexibility index (Phi) is 6.62. The van der Waals surface area contributed by atoms with E-state index in [1.165, 1.54) is 42.8 Å². The molecule has 2 N–H and O–H groups in total. The highest BCUT2D eigenvalue weighted by atomic mass is 32.2. The van der Waals surface area contributed by atoms with E-state index in [0.29, 0.717) is 17.2 Å². The SMILES string of the molecule is COC(=O)[C@H](Cc1ccc(C(=O)O)cc1)NC(=O)[C@H]1CSCN1C(C)=O. The standard InChI is InChI=1S/C17H20N2O6S/c1-10(20)19-9-26-8-14(19)15(21)18-13(17(24)25-2)7-11-3-5-12(6-4-11)16(22)23/h3-6,13-14H,7-9H2,1-2H3,(H,18,21)(H,22,23)/t13-,14+/m0/s1. The number of esters is 1. The number of carboxylic acids is 1.